The minimum Gasteiger partial charge on any atom is -0.350 e. The van der Waals surface area contributed by atoms with E-state index in [1.807, 2.05) is 0 Å². The number of aryl methyl sites for hydroxylation is 1. The molecule has 2 heterocycles. The average Bonchev–Trinajstić information content (AvgIpc) is 3.22. The Morgan fingerprint density at radius 1 is 1.00 bits per heavy atom. The summed E-state index contributed by atoms with van der Waals surface area (Å²) in [6.45, 7) is 0. The highest BCUT2D eigenvalue weighted by atomic mass is 19.3. The highest BCUT2D eigenvalue weighted by Crippen LogP contribution is 2.38. The lowest BCUT2D eigenvalue weighted by Gasteiger charge is -2.33. The third-order valence-corrected chi connectivity index (χ3v) is 6.41. The predicted octanol–water partition coefficient (Wildman–Crippen LogP) is 5.51. The number of H-pyrrole nitrogens is 2. The maximum Gasteiger partial charge on any atom is 0.270 e. The first-order valence-electron chi connectivity index (χ1n) is 10.6. The topological polar surface area (TPSA) is 69.0 Å². The van der Waals surface area contributed by atoms with Gasteiger partial charge >= 0.3 is 0 Å². The first kappa shape index (κ1) is 22.1. The fraction of sp³-hybridized carbons (Fsp3) is 0.250. The molecule has 2 N–H and O–H groups in total. The molecule has 0 fully saturated rings. The average molecular weight is 475 g/mol. The Balaban J connectivity index is 1.61. The molecule has 1 unspecified atom stereocenters. The Kier molecular flexibility index (Phi) is 5.18. The molecule has 10 heteroatoms. The lowest BCUT2D eigenvalue weighted by Crippen LogP contribution is -2.34. The van der Waals surface area contributed by atoms with Gasteiger partial charge in [-0.2, -0.15) is 0 Å². The summed E-state index contributed by atoms with van der Waals surface area (Å²) in [4.78, 5) is 32.5. The molecule has 1 amide bonds. The quantitative estimate of drug-likeness (QED) is 0.384. The molecule has 2 aromatic carbocycles. The van der Waals surface area contributed by atoms with Gasteiger partial charge in [0.15, 0.2) is 11.6 Å². The van der Waals surface area contributed by atoms with E-state index >= 15 is 0 Å². The highest BCUT2D eigenvalue weighted by Gasteiger charge is 2.31. The largest absolute Gasteiger partial charge is 0.350 e. The van der Waals surface area contributed by atoms with Crippen LogP contribution >= 0.6 is 0 Å². The third kappa shape index (κ3) is 3.44. The van der Waals surface area contributed by atoms with Crippen LogP contribution in [0.2, 0.25) is 0 Å². The minimum absolute atomic E-state index is 0.0249. The SMILES string of the molecule is CN(C(=O)c1cc2c(C(F)F)cc(F)cc2[nH]1)C1CCCc2[nH]c(=O)c3cc(F)c(F)cc3c21. The number of aromatic amines is 2. The van der Waals surface area contributed by atoms with Gasteiger partial charge in [0.1, 0.15) is 11.5 Å². The second kappa shape index (κ2) is 7.96. The van der Waals surface area contributed by atoms with Crippen molar-refractivity contribution in [3.63, 3.8) is 0 Å². The Morgan fingerprint density at radius 2 is 1.71 bits per heavy atom. The lowest BCUT2D eigenvalue weighted by atomic mass is 9.86. The molecule has 176 valence electrons. The van der Waals surface area contributed by atoms with Crippen molar-refractivity contribution in [2.24, 2.45) is 0 Å². The second-order valence-corrected chi connectivity index (χ2v) is 8.42. The van der Waals surface area contributed by atoms with E-state index in [1.165, 1.54) is 18.0 Å². The van der Waals surface area contributed by atoms with E-state index in [1.54, 1.807) is 0 Å². The number of fused-ring (bicyclic) bond motifs is 4. The Morgan fingerprint density at radius 3 is 2.41 bits per heavy atom. The summed E-state index contributed by atoms with van der Waals surface area (Å²) in [6.07, 6.45) is -1.35. The standard InChI is InChI=1S/C24H18F5N3O2/c1-32(24(34)19-9-11-13(22(28)29)5-10(25)6-18(11)30-19)20-4-2-3-17-21(20)12-7-15(26)16(27)8-14(12)23(33)31-17/h5-9,20,22,30H,2-4H2,1H3,(H,31,33). The van der Waals surface area contributed by atoms with Gasteiger partial charge in [-0.25, -0.2) is 22.0 Å². The number of aromatic nitrogens is 2. The zero-order chi connectivity index (χ0) is 24.3. The maximum absolute atomic E-state index is 14.1. The molecule has 2 aromatic heterocycles. The Bertz CT molecular complexity index is 1530. The van der Waals surface area contributed by atoms with E-state index in [4.69, 9.17) is 0 Å². The van der Waals surface area contributed by atoms with Crippen molar-refractivity contribution in [1.82, 2.24) is 14.9 Å². The summed E-state index contributed by atoms with van der Waals surface area (Å²) >= 11 is 0. The number of carbonyl (C=O) groups is 1. The molecule has 0 radical (unpaired) electrons. The molecule has 5 nitrogen and oxygen atoms in total. The number of hydrogen-bond donors (Lipinski definition) is 2. The number of pyridine rings is 1. The number of nitrogens with one attached hydrogen (secondary N) is 2. The number of halogens is 5. The summed E-state index contributed by atoms with van der Waals surface area (Å²) in [5.74, 6) is -3.69. The van der Waals surface area contributed by atoms with Gasteiger partial charge in [0.05, 0.1) is 11.4 Å². The van der Waals surface area contributed by atoms with Crippen LogP contribution in [0, 0.1) is 17.5 Å². The fourth-order valence-corrected chi connectivity index (χ4v) is 4.83. The number of nitrogens with zero attached hydrogens (tertiary/aromatic N) is 1. The van der Waals surface area contributed by atoms with Crippen molar-refractivity contribution in [2.75, 3.05) is 7.05 Å². The van der Waals surface area contributed by atoms with E-state index in [0.717, 1.165) is 24.3 Å². The molecule has 0 bridgehead atoms. The normalized spacial score (nSPS) is 15.8. The van der Waals surface area contributed by atoms with E-state index in [-0.39, 0.29) is 27.4 Å². The molecule has 4 aromatic rings. The number of carbonyl (C=O) groups excluding carboxylic acids is 1. The number of benzene rings is 2. The zero-order valence-corrected chi connectivity index (χ0v) is 17.8. The van der Waals surface area contributed by atoms with Crippen LogP contribution in [0.1, 0.15) is 52.6 Å². The molecule has 1 atom stereocenters. The van der Waals surface area contributed by atoms with Crippen molar-refractivity contribution in [3.05, 3.63) is 80.7 Å². The minimum atomic E-state index is -2.93. The molecule has 1 aliphatic rings. The number of alkyl halides is 2. The van der Waals surface area contributed by atoms with Gasteiger partial charge in [0, 0.05) is 34.8 Å². The summed E-state index contributed by atoms with van der Waals surface area (Å²) in [5, 5.41) is 0.207. The molecular formula is C24H18F5N3O2. The van der Waals surface area contributed by atoms with Gasteiger partial charge in [0.25, 0.3) is 17.9 Å². The van der Waals surface area contributed by atoms with Crippen molar-refractivity contribution in [2.45, 2.75) is 31.7 Å². The Hall–Kier alpha value is -3.69. The summed E-state index contributed by atoms with van der Waals surface area (Å²) in [5.41, 5.74) is -0.0212. The molecule has 34 heavy (non-hydrogen) atoms. The van der Waals surface area contributed by atoms with Crippen molar-refractivity contribution in [1.29, 1.82) is 0 Å². The number of hydrogen-bond acceptors (Lipinski definition) is 2. The molecule has 5 rings (SSSR count). The van der Waals surface area contributed by atoms with Crippen LogP contribution in [-0.4, -0.2) is 27.8 Å². The van der Waals surface area contributed by atoms with Crippen LogP contribution in [0.4, 0.5) is 22.0 Å². The molecule has 0 aliphatic heterocycles. The van der Waals surface area contributed by atoms with Gasteiger partial charge in [-0.15, -0.1) is 0 Å². The third-order valence-electron chi connectivity index (χ3n) is 6.41. The monoisotopic (exact) mass is 475 g/mol. The zero-order valence-electron chi connectivity index (χ0n) is 17.8. The molecule has 0 saturated heterocycles. The summed E-state index contributed by atoms with van der Waals surface area (Å²) in [6, 6.07) is 4.19. The van der Waals surface area contributed by atoms with Crippen LogP contribution in [0.15, 0.2) is 35.1 Å². The highest BCUT2D eigenvalue weighted by molar-refractivity contribution is 5.99. The van der Waals surface area contributed by atoms with Crippen molar-refractivity contribution >= 4 is 27.6 Å². The molecule has 1 aliphatic carbocycles. The lowest BCUT2D eigenvalue weighted by molar-refractivity contribution is 0.0710. The smallest absolute Gasteiger partial charge is 0.270 e. The van der Waals surface area contributed by atoms with Crippen LogP contribution in [0.25, 0.3) is 21.7 Å². The maximum atomic E-state index is 14.1. The van der Waals surface area contributed by atoms with Crippen LogP contribution in [0.3, 0.4) is 0 Å². The van der Waals surface area contributed by atoms with Gasteiger partial charge in [-0.05, 0) is 55.0 Å². The second-order valence-electron chi connectivity index (χ2n) is 8.42. The predicted molar refractivity (Wildman–Crippen MR) is 115 cm³/mol. The van der Waals surface area contributed by atoms with Gasteiger partial charge in [-0.1, -0.05) is 0 Å². The van der Waals surface area contributed by atoms with Crippen LogP contribution in [0.5, 0.6) is 0 Å². The van der Waals surface area contributed by atoms with Crippen molar-refractivity contribution < 1.29 is 26.7 Å². The van der Waals surface area contributed by atoms with E-state index in [0.29, 0.717) is 30.5 Å². The van der Waals surface area contributed by atoms with Gasteiger partial charge in [0.2, 0.25) is 0 Å². The fourth-order valence-electron chi connectivity index (χ4n) is 4.83. The van der Waals surface area contributed by atoms with E-state index in [9.17, 15) is 31.5 Å². The van der Waals surface area contributed by atoms with Crippen molar-refractivity contribution in [3.8, 4) is 0 Å². The van der Waals surface area contributed by atoms with E-state index in [2.05, 4.69) is 9.97 Å². The number of amides is 1. The van der Waals surface area contributed by atoms with Crippen LogP contribution in [-0.2, 0) is 6.42 Å². The first-order chi connectivity index (χ1) is 16.2. The summed E-state index contributed by atoms with van der Waals surface area (Å²) in [7, 11) is 1.50. The Labute approximate surface area is 189 Å². The first-order valence-corrected chi connectivity index (χ1v) is 10.6. The molecule has 0 spiro atoms. The summed E-state index contributed by atoms with van der Waals surface area (Å²) < 4.78 is 68.5. The van der Waals surface area contributed by atoms with E-state index < -0.39 is 46.9 Å². The van der Waals surface area contributed by atoms with Crippen LogP contribution < -0.4 is 5.56 Å². The molecule has 0 saturated carbocycles. The number of rotatable bonds is 3. The van der Waals surface area contributed by atoms with Gasteiger partial charge in [-0.3, -0.25) is 9.59 Å². The molecular weight excluding hydrogens is 457 g/mol. The van der Waals surface area contributed by atoms with Gasteiger partial charge < -0.3 is 14.9 Å².